The summed E-state index contributed by atoms with van der Waals surface area (Å²) in [6, 6.07) is 18.9. The van der Waals surface area contributed by atoms with Crippen molar-refractivity contribution >= 4 is 23.7 Å². The van der Waals surface area contributed by atoms with E-state index in [-0.39, 0.29) is 5.91 Å². The fourth-order valence-electron chi connectivity index (χ4n) is 2.35. The van der Waals surface area contributed by atoms with E-state index in [2.05, 4.69) is 10.3 Å². The number of ether oxygens (including phenoxy) is 1. The van der Waals surface area contributed by atoms with E-state index in [9.17, 15) is 4.79 Å². The highest BCUT2D eigenvalue weighted by Crippen LogP contribution is 2.20. The second kappa shape index (κ2) is 7.93. The first-order valence-corrected chi connectivity index (χ1v) is 7.89. The molecular formula is C21H18N2O2. The molecule has 0 radical (unpaired) electrons. The predicted molar refractivity (Wildman–Crippen MR) is 101 cm³/mol. The SMILES string of the molecule is COc1ccc(/C=C/c2ccccc2NC(=O)c2cccnc2)cc1. The number of carbonyl (C=O) groups is 1. The number of carbonyl (C=O) groups excluding carboxylic acids is 1. The fourth-order valence-corrected chi connectivity index (χ4v) is 2.35. The summed E-state index contributed by atoms with van der Waals surface area (Å²) in [6.07, 6.45) is 7.16. The molecule has 2 aromatic carbocycles. The summed E-state index contributed by atoms with van der Waals surface area (Å²) in [6.45, 7) is 0. The largest absolute Gasteiger partial charge is 0.497 e. The van der Waals surface area contributed by atoms with Gasteiger partial charge in [-0.3, -0.25) is 9.78 Å². The van der Waals surface area contributed by atoms with Crippen LogP contribution in [0.4, 0.5) is 5.69 Å². The molecule has 0 aliphatic carbocycles. The zero-order chi connectivity index (χ0) is 17.5. The number of aromatic nitrogens is 1. The Bertz CT molecular complexity index is 872. The average Bonchev–Trinajstić information content (AvgIpc) is 2.68. The van der Waals surface area contributed by atoms with E-state index in [1.165, 1.54) is 0 Å². The molecule has 1 aromatic heterocycles. The lowest BCUT2D eigenvalue weighted by Crippen LogP contribution is -2.12. The summed E-state index contributed by atoms with van der Waals surface area (Å²) in [7, 11) is 1.64. The van der Waals surface area contributed by atoms with Crippen LogP contribution >= 0.6 is 0 Å². The maximum atomic E-state index is 12.3. The molecule has 0 saturated heterocycles. The smallest absolute Gasteiger partial charge is 0.257 e. The number of pyridine rings is 1. The van der Waals surface area contributed by atoms with Gasteiger partial charge in [-0.15, -0.1) is 0 Å². The number of benzene rings is 2. The molecule has 0 spiro atoms. The third kappa shape index (κ3) is 4.32. The van der Waals surface area contributed by atoms with Gasteiger partial charge < -0.3 is 10.1 Å². The molecule has 0 unspecified atom stereocenters. The first kappa shape index (κ1) is 16.5. The Morgan fingerprint density at radius 3 is 2.52 bits per heavy atom. The molecule has 4 nitrogen and oxygen atoms in total. The molecule has 0 atom stereocenters. The van der Waals surface area contributed by atoms with Crippen LogP contribution in [0.5, 0.6) is 5.75 Å². The Labute approximate surface area is 146 Å². The minimum atomic E-state index is -0.182. The van der Waals surface area contributed by atoms with E-state index in [1.807, 2.05) is 60.7 Å². The second-order valence-corrected chi connectivity index (χ2v) is 5.39. The maximum Gasteiger partial charge on any atom is 0.257 e. The van der Waals surface area contributed by atoms with Crippen LogP contribution in [-0.2, 0) is 0 Å². The molecule has 3 rings (SSSR count). The quantitative estimate of drug-likeness (QED) is 0.700. The number of hydrogen-bond acceptors (Lipinski definition) is 3. The Kier molecular flexibility index (Phi) is 5.22. The second-order valence-electron chi connectivity index (χ2n) is 5.39. The number of amides is 1. The Morgan fingerprint density at radius 1 is 1.00 bits per heavy atom. The highest BCUT2D eigenvalue weighted by atomic mass is 16.5. The van der Waals surface area contributed by atoms with Gasteiger partial charge in [0, 0.05) is 18.1 Å². The van der Waals surface area contributed by atoms with Crippen LogP contribution in [0.3, 0.4) is 0 Å². The third-order valence-corrected chi connectivity index (χ3v) is 3.70. The predicted octanol–water partition coefficient (Wildman–Crippen LogP) is 4.51. The summed E-state index contributed by atoms with van der Waals surface area (Å²) >= 11 is 0. The zero-order valence-corrected chi connectivity index (χ0v) is 13.8. The molecule has 0 bridgehead atoms. The molecule has 0 aliphatic rings. The van der Waals surface area contributed by atoms with E-state index in [4.69, 9.17) is 4.74 Å². The van der Waals surface area contributed by atoms with Crippen LogP contribution in [-0.4, -0.2) is 18.0 Å². The van der Waals surface area contributed by atoms with Crippen molar-refractivity contribution in [1.29, 1.82) is 0 Å². The molecule has 0 fully saturated rings. The van der Waals surface area contributed by atoms with Crippen molar-refractivity contribution in [2.45, 2.75) is 0 Å². The average molecular weight is 330 g/mol. The number of nitrogens with one attached hydrogen (secondary N) is 1. The molecule has 0 saturated carbocycles. The number of anilines is 1. The van der Waals surface area contributed by atoms with Gasteiger partial charge in [0.15, 0.2) is 0 Å². The normalized spacial score (nSPS) is 10.6. The summed E-state index contributed by atoms with van der Waals surface area (Å²) in [5.41, 5.74) is 3.25. The summed E-state index contributed by atoms with van der Waals surface area (Å²) < 4.78 is 5.16. The van der Waals surface area contributed by atoms with Crippen LogP contribution in [0, 0.1) is 0 Å². The minimum absolute atomic E-state index is 0.182. The molecule has 25 heavy (non-hydrogen) atoms. The van der Waals surface area contributed by atoms with Gasteiger partial charge in [0.1, 0.15) is 5.75 Å². The molecule has 4 heteroatoms. The van der Waals surface area contributed by atoms with Crippen molar-refractivity contribution in [2.24, 2.45) is 0 Å². The molecular weight excluding hydrogens is 312 g/mol. The van der Waals surface area contributed by atoms with Gasteiger partial charge in [-0.2, -0.15) is 0 Å². The van der Waals surface area contributed by atoms with E-state index >= 15 is 0 Å². The number of nitrogens with zero attached hydrogens (tertiary/aromatic N) is 1. The maximum absolute atomic E-state index is 12.3. The number of hydrogen-bond donors (Lipinski definition) is 1. The lowest BCUT2D eigenvalue weighted by molar-refractivity contribution is 0.102. The van der Waals surface area contributed by atoms with Gasteiger partial charge in [-0.25, -0.2) is 0 Å². The summed E-state index contributed by atoms with van der Waals surface area (Å²) in [4.78, 5) is 16.3. The van der Waals surface area contributed by atoms with Crippen LogP contribution in [0.15, 0.2) is 73.1 Å². The zero-order valence-electron chi connectivity index (χ0n) is 13.8. The van der Waals surface area contributed by atoms with Crippen molar-refractivity contribution in [1.82, 2.24) is 4.98 Å². The lowest BCUT2D eigenvalue weighted by Gasteiger charge is -2.08. The molecule has 1 N–H and O–H groups in total. The van der Waals surface area contributed by atoms with Crippen molar-refractivity contribution in [3.05, 3.63) is 89.7 Å². The number of rotatable bonds is 5. The molecule has 3 aromatic rings. The standard InChI is InChI=1S/C21H18N2O2/c1-25-19-12-9-16(10-13-19)8-11-17-5-2-3-7-20(17)23-21(24)18-6-4-14-22-15-18/h2-15H,1H3,(H,23,24)/b11-8+. The number of methoxy groups -OCH3 is 1. The van der Waals surface area contributed by atoms with Crippen molar-refractivity contribution in [3.63, 3.8) is 0 Å². The first-order valence-electron chi connectivity index (χ1n) is 7.89. The molecule has 1 heterocycles. The minimum Gasteiger partial charge on any atom is -0.497 e. The fraction of sp³-hybridized carbons (Fsp3) is 0.0476. The summed E-state index contributed by atoms with van der Waals surface area (Å²) in [5, 5.41) is 2.93. The van der Waals surface area contributed by atoms with E-state index in [0.717, 1.165) is 22.6 Å². The van der Waals surface area contributed by atoms with Crippen molar-refractivity contribution in [2.75, 3.05) is 12.4 Å². The van der Waals surface area contributed by atoms with Crippen LogP contribution in [0.25, 0.3) is 12.2 Å². The van der Waals surface area contributed by atoms with Gasteiger partial charge in [0.25, 0.3) is 5.91 Å². The monoisotopic (exact) mass is 330 g/mol. The van der Waals surface area contributed by atoms with Crippen LogP contribution in [0.2, 0.25) is 0 Å². The van der Waals surface area contributed by atoms with Gasteiger partial charge >= 0.3 is 0 Å². The van der Waals surface area contributed by atoms with E-state index in [1.54, 1.807) is 31.6 Å². The summed E-state index contributed by atoms with van der Waals surface area (Å²) in [5.74, 6) is 0.639. The molecule has 0 aliphatic heterocycles. The first-order chi connectivity index (χ1) is 12.3. The van der Waals surface area contributed by atoms with Gasteiger partial charge in [0.2, 0.25) is 0 Å². The lowest BCUT2D eigenvalue weighted by atomic mass is 10.1. The van der Waals surface area contributed by atoms with Gasteiger partial charge in [-0.1, -0.05) is 42.5 Å². The Morgan fingerprint density at radius 2 is 1.80 bits per heavy atom. The van der Waals surface area contributed by atoms with Crippen LogP contribution < -0.4 is 10.1 Å². The van der Waals surface area contributed by atoms with Crippen molar-refractivity contribution in [3.8, 4) is 5.75 Å². The van der Waals surface area contributed by atoms with E-state index in [0.29, 0.717) is 5.56 Å². The molecule has 124 valence electrons. The molecule has 1 amide bonds. The topological polar surface area (TPSA) is 51.2 Å². The number of para-hydroxylation sites is 1. The van der Waals surface area contributed by atoms with Crippen molar-refractivity contribution < 1.29 is 9.53 Å². The highest BCUT2D eigenvalue weighted by molar-refractivity contribution is 6.05. The third-order valence-electron chi connectivity index (χ3n) is 3.70. The Hall–Kier alpha value is -3.40. The Balaban J connectivity index is 1.78. The van der Waals surface area contributed by atoms with Gasteiger partial charge in [0.05, 0.1) is 12.7 Å². The van der Waals surface area contributed by atoms with Crippen LogP contribution in [0.1, 0.15) is 21.5 Å². The van der Waals surface area contributed by atoms with Gasteiger partial charge in [-0.05, 0) is 41.5 Å². The van der Waals surface area contributed by atoms with E-state index < -0.39 is 0 Å². The highest BCUT2D eigenvalue weighted by Gasteiger charge is 2.07.